The van der Waals surface area contributed by atoms with E-state index in [1.54, 1.807) is 27.5 Å². The van der Waals surface area contributed by atoms with Crippen LogP contribution in [0.4, 0.5) is 0 Å². The quantitative estimate of drug-likeness (QED) is 0.643. The van der Waals surface area contributed by atoms with Crippen molar-refractivity contribution >= 4 is 15.9 Å². The lowest BCUT2D eigenvalue weighted by Gasteiger charge is -2.35. The van der Waals surface area contributed by atoms with E-state index in [4.69, 9.17) is 4.74 Å². The number of benzene rings is 1. The van der Waals surface area contributed by atoms with Gasteiger partial charge in [0.15, 0.2) is 0 Å². The Labute approximate surface area is 196 Å². The Bertz CT molecular complexity index is 1050. The second-order valence-electron chi connectivity index (χ2n) is 8.61. The number of sulfonamides is 1. The van der Waals surface area contributed by atoms with E-state index < -0.39 is 10.0 Å². The predicted octanol–water partition coefficient (Wildman–Crippen LogP) is 2.61. The molecular formula is C24H32N4O4S. The molecular weight excluding hydrogens is 440 g/mol. The number of pyridine rings is 1. The lowest BCUT2D eigenvalue weighted by atomic mass is 10.1. The summed E-state index contributed by atoms with van der Waals surface area (Å²) in [5.74, 6) is 0.202. The number of carbonyl (C=O) groups excluding carboxylic acids is 1. The summed E-state index contributed by atoms with van der Waals surface area (Å²) in [5.41, 5.74) is 1.44. The lowest BCUT2D eigenvalue weighted by molar-refractivity contribution is 0.0625. The van der Waals surface area contributed by atoms with Crippen LogP contribution in [-0.4, -0.2) is 79.8 Å². The second kappa shape index (κ2) is 10.6. The number of methoxy groups -OCH3 is 1. The van der Waals surface area contributed by atoms with Gasteiger partial charge in [0.25, 0.3) is 5.91 Å². The predicted molar refractivity (Wildman–Crippen MR) is 126 cm³/mol. The molecule has 3 heterocycles. The summed E-state index contributed by atoms with van der Waals surface area (Å²) >= 11 is 0. The molecule has 0 saturated carbocycles. The first-order chi connectivity index (χ1) is 16.0. The van der Waals surface area contributed by atoms with E-state index in [1.807, 2.05) is 18.3 Å². The molecule has 1 aromatic carbocycles. The highest BCUT2D eigenvalue weighted by Crippen LogP contribution is 2.27. The molecule has 4 rings (SSSR count). The van der Waals surface area contributed by atoms with E-state index in [0.717, 1.165) is 50.9 Å². The van der Waals surface area contributed by atoms with Gasteiger partial charge in [0.1, 0.15) is 5.75 Å². The number of piperazine rings is 1. The van der Waals surface area contributed by atoms with Crippen LogP contribution in [0.3, 0.4) is 0 Å². The van der Waals surface area contributed by atoms with E-state index in [0.29, 0.717) is 37.5 Å². The van der Waals surface area contributed by atoms with Crippen LogP contribution < -0.4 is 4.74 Å². The van der Waals surface area contributed by atoms with Gasteiger partial charge in [-0.3, -0.25) is 14.7 Å². The van der Waals surface area contributed by atoms with Crippen LogP contribution in [0.1, 0.15) is 41.6 Å². The summed E-state index contributed by atoms with van der Waals surface area (Å²) in [6.45, 7) is 4.48. The zero-order valence-electron chi connectivity index (χ0n) is 19.1. The summed E-state index contributed by atoms with van der Waals surface area (Å²) in [6.07, 6.45) is 7.44. The zero-order chi connectivity index (χ0) is 23.3. The van der Waals surface area contributed by atoms with Gasteiger partial charge in [0, 0.05) is 58.2 Å². The third kappa shape index (κ3) is 5.54. The van der Waals surface area contributed by atoms with Crippen molar-refractivity contribution in [1.29, 1.82) is 0 Å². The number of amides is 1. The first kappa shape index (κ1) is 23.7. The van der Waals surface area contributed by atoms with Crippen molar-refractivity contribution in [3.05, 3.63) is 53.9 Å². The lowest BCUT2D eigenvalue weighted by Crippen LogP contribution is -2.48. The number of aromatic nitrogens is 1. The van der Waals surface area contributed by atoms with Gasteiger partial charge in [-0.15, -0.1) is 0 Å². The van der Waals surface area contributed by atoms with E-state index in [2.05, 4.69) is 9.88 Å². The summed E-state index contributed by atoms with van der Waals surface area (Å²) in [5, 5.41) is 0. The van der Waals surface area contributed by atoms with Gasteiger partial charge in [-0.25, -0.2) is 8.42 Å². The Morgan fingerprint density at radius 2 is 1.73 bits per heavy atom. The molecule has 1 aromatic heterocycles. The Hall–Kier alpha value is -2.49. The third-order valence-electron chi connectivity index (χ3n) is 6.39. The maximum absolute atomic E-state index is 13.4. The van der Waals surface area contributed by atoms with Crippen molar-refractivity contribution in [1.82, 2.24) is 19.1 Å². The summed E-state index contributed by atoms with van der Waals surface area (Å²) in [7, 11) is -2.15. The van der Waals surface area contributed by atoms with Crippen LogP contribution >= 0.6 is 0 Å². The SMILES string of the molecule is COc1ccc(S(=O)(=O)N2CCCCCC2)cc1C(=O)N1CCN(Cc2cccnc2)CC1. The highest BCUT2D eigenvalue weighted by molar-refractivity contribution is 7.89. The van der Waals surface area contributed by atoms with E-state index in [9.17, 15) is 13.2 Å². The van der Waals surface area contributed by atoms with Gasteiger partial charge < -0.3 is 9.64 Å². The largest absolute Gasteiger partial charge is 0.496 e. The molecule has 0 spiro atoms. The number of carbonyl (C=O) groups is 1. The van der Waals surface area contributed by atoms with Gasteiger partial charge in [-0.05, 0) is 42.7 Å². The van der Waals surface area contributed by atoms with Crippen molar-refractivity contribution in [2.24, 2.45) is 0 Å². The average molecular weight is 473 g/mol. The molecule has 2 aliphatic heterocycles. The smallest absolute Gasteiger partial charge is 0.257 e. The van der Waals surface area contributed by atoms with Crippen molar-refractivity contribution in [3.8, 4) is 5.75 Å². The molecule has 2 aromatic rings. The first-order valence-corrected chi connectivity index (χ1v) is 13.0. The van der Waals surface area contributed by atoms with Gasteiger partial charge in [-0.2, -0.15) is 4.31 Å². The van der Waals surface area contributed by atoms with Crippen molar-refractivity contribution in [2.45, 2.75) is 37.1 Å². The normalized spacial score (nSPS) is 18.6. The Morgan fingerprint density at radius 3 is 2.36 bits per heavy atom. The standard InChI is InChI=1S/C24H32N4O4S/c1-32-23-9-8-21(33(30,31)28-11-4-2-3-5-12-28)17-22(23)24(29)27-15-13-26(14-16-27)19-20-7-6-10-25-18-20/h6-10,17-18H,2-5,11-16,19H2,1H3. The molecule has 2 fully saturated rings. The van der Waals surface area contributed by atoms with Gasteiger partial charge >= 0.3 is 0 Å². The molecule has 9 heteroatoms. The van der Waals surface area contributed by atoms with Crippen LogP contribution in [0, 0.1) is 0 Å². The van der Waals surface area contributed by atoms with Crippen LogP contribution in [-0.2, 0) is 16.6 Å². The maximum atomic E-state index is 13.4. The van der Waals surface area contributed by atoms with Crippen molar-refractivity contribution < 1.29 is 17.9 Å². The maximum Gasteiger partial charge on any atom is 0.257 e. The molecule has 0 unspecified atom stereocenters. The van der Waals surface area contributed by atoms with Crippen LogP contribution in [0.5, 0.6) is 5.75 Å². The number of hydrogen-bond acceptors (Lipinski definition) is 6. The Kier molecular flexibility index (Phi) is 7.62. The van der Waals surface area contributed by atoms with Gasteiger partial charge in [0.2, 0.25) is 10.0 Å². The molecule has 0 atom stereocenters. The van der Waals surface area contributed by atoms with E-state index >= 15 is 0 Å². The molecule has 2 aliphatic rings. The third-order valence-corrected chi connectivity index (χ3v) is 8.29. The molecule has 1 amide bonds. The molecule has 2 saturated heterocycles. The van der Waals surface area contributed by atoms with E-state index in [-0.39, 0.29) is 10.8 Å². The van der Waals surface area contributed by atoms with Crippen molar-refractivity contribution in [2.75, 3.05) is 46.4 Å². The zero-order valence-corrected chi connectivity index (χ0v) is 20.0. The fourth-order valence-electron chi connectivity index (χ4n) is 4.48. The van der Waals surface area contributed by atoms with E-state index in [1.165, 1.54) is 13.2 Å². The minimum absolute atomic E-state index is 0.156. The highest BCUT2D eigenvalue weighted by Gasteiger charge is 2.29. The molecule has 0 bridgehead atoms. The second-order valence-corrected chi connectivity index (χ2v) is 10.5. The summed E-state index contributed by atoms with van der Waals surface area (Å²) in [6, 6.07) is 8.60. The Balaban J connectivity index is 1.48. The number of hydrogen-bond donors (Lipinski definition) is 0. The molecule has 0 N–H and O–H groups in total. The molecule has 33 heavy (non-hydrogen) atoms. The molecule has 0 aliphatic carbocycles. The van der Waals surface area contributed by atoms with Crippen LogP contribution in [0.2, 0.25) is 0 Å². The minimum atomic E-state index is -3.65. The minimum Gasteiger partial charge on any atom is -0.496 e. The van der Waals surface area contributed by atoms with Gasteiger partial charge in [0.05, 0.1) is 17.6 Å². The van der Waals surface area contributed by atoms with Crippen LogP contribution in [0.15, 0.2) is 47.6 Å². The average Bonchev–Trinajstić information content (AvgIpc) is 3.15. The summed E-state index contributed by atoms with van der Waals surface area (Å²) in [4.78, 5) is 21.7. The molecule has 178 valence electrons. The molecule has 0 radical (unpaired) electrons. The van der Waals surface area contributed by atoms with Crippen LogP contribution in [0.25, 0.3) is 0 Å². The fourth-order valence-corrected chi connectivity index (χ4v) is 6.02. The molecule has 8 nitrogen and oxygen atoms in total. The number of rotatable bonds is 6. The Morgan fingerprint density at radius 1 is 1.00 bits per heavy atom. The summed E-state index contributed by atoms with van der Waals surface area (Å²) < 4.78 is 33.5. The first-order valence-electron chi connectivity index (χ1n) is 11.6. The van der Waals surface area contributed by atoms with Crippen molar-refractivity contribution in [3.63, 3.8) is 0 Å². The highest BCUT2D eigenvalue weighted by atomic mass is 32.2. The van der Waals surface area contributed by atoms with Gasteiger partial charge in [-0.1, -0.05) is 18.9 Å². The number of ether oxygens (including phenoxy) is 1. The fraction of sp³-hybridized carbons (Fsp3) is 0.500. The number of nitrogens with zero attached hydrogens (tertiary/aromatic N) is 4. The topological polar surface area (TPSA) is 83.0 Å². The monoisotopic (exact) mass is 472 g/mol.